The number of hydrogen-bond acceptors (Lipinski definition) is 3. The number of rotatable bonds is 6. The smallest absolute Gasteiger partial charge is 0.221 e. The highest BCUT2D eigenvalue weighted by molar-refractivity contribution is 5.76. The Morgan fingerprint density at radius 2 is 2.07 bits per heavy atom. The topological polar surface area (TPSA) is 52.6 Å². The molecule has 0 aromatic rings. The summed E-state index contributed by atoms with van der Waals surface area (Å²) < 4.78 is 0. The third-order valence-corrected chi connectivity index (χ3v) is 2.21. The lowest BCUT2D eigenvalue weighted by atomic mass is 10.0. The van der Waals surface area contributed by atoms with E-state index in [1.54, 1.807) is 6.92 Å². The molecule has 4 heteroatoms. The Labute approximate surface area is 86.3 Å². The monoisotopic (exact) mass is 202 g/mol. The Hall–Kier alpha value is -0.610. The molecule has 0 heterocycles. The molecule has 0 aliphatic heterocycles. The van der Waals surface area contributed by atoms with Gasteiger partial charge in [0.15, 0.2) is 0 Å². The predicted octanol–water partition coefficient (Wildman–Crippen LogP) is 0.215. The molecule has 4 nitrogen and oxygen atoms in total. The van der Waals surface area contributed by atoms with Gasteiger partial charge in [-0.1, -0.05) is 6.92 Å². The van der Waals surface area contributed by atoms with Crippen LogP contribution in [0.5, 0.6) is 0 Å². The van der Waals surface area contributed by atoms with E-state index in [1.165, 1.54) is 0 Å². The van der Waals surface area contributed by atoms with Crippen molar-refractivity contribution in [3.63, 3.8) is 0 Å². The normalized spacial score (nSPS) is 15.3. The zero-order valence-electron chi connectivity index (χ0n) is 9.63. The van der Waals surface area contributed by atoms with Crippen LogP contribution in [0.2, 0.25) is 0 Å². The van der Waals surface area contributed by atoms with Crippen molar-refractivity contribution < 1.29 is 9.90 Å². The molecule has 1 unspecified atom stereocenters. The van der Waals surface area contributed by atoms with Gasteiger partial charge in [0.2, 0.25) is 5.91 Å². The van der Waals surface area contributed by atoms with Crippen LogP contribution in [0.15, 0.2) is 0 Å². The van der Waals surface area contributed by atoms with Crippen molar-refractivity contribution >= 4 is 5.91 Å². The van der Waals surface area contributed by atoms with Crippen molar-refractivity contribution in [2.45, 2.75) is 32.3 Å². The molecule has 0 spiro atoms. The van der Waals surface area contributed by atoms with Crippen molar-refractivity contribution in [2.75, 3.05) is 27.2 Å². The van der Waals surface area contributed by atoms with Crippen molar-refractivity contribution in [2.24, 2.45) is 0 Å². The second-order valence-electron chi connectivity index (χ2n) is 4.18. The van der Waals surface area contributed by atoms with E-state index in [1.807, 2.05) is 25.9 Å². The number of hydrogen-bond donors (Lipinski definition) is 2. The van der Waals surface area contributed by atoms with E-state index in [2.05, 4.69) is 5.32 Å². The highest BCUT2D eigenvalue weighted by Crippen LogP contribution is 2.05. The van der Waals surface area contributed by atoms with Crippen molar-refractivity contribution in [3.8, 4) is 0 Å². The van der Waals surface area contributed by atoms with Gasteiger partial charge in [0, 0.05) is 19.5 Å². The average molecular weight is 202 g/mol. The van der Waals surface area contributed by atoms with Crippen LogP contribution in [0.1, 0.15) is 26.7 Å². The summed E-state index contributed by atoms with van der Waals surface area (Å²) in [6.07, 6.45) is 1.12. The SMILES string of the molecule is CCC(C)(O)CNC(=O)CCN(C)C. The zero-order valence-corrected chi connectivity index (χ0v) is 9.63. The summed E-state index contributed by atoms with van der Waals surface area (Å²) in [4.78, 5) is 13.2. The molecule has 0 aromatic heterocycles. The van der Waals surface area contributed by atoms with E-state index in [0.29, 0.717) is 19.4 Å². The molecule has 0 rings (SSSR count). The van der Waals surface area contributed by atoms with Crippen molar-refractivity contribution in [3.05, 3.63) is 0 Å². The second-order valence-corrected chi connectivity index (χ2v) is 4.18. The quantitative estimate of drug-likeness (QED) is 0.647. The first kappa shape index (κ1) is 13.4. The van der Waals surface area contributed by atoms with Gasteiger partial charge in [-0.05, 0) is 27.4 Å². The molecule has 0 saturated carbocycles. The van der Waals surface area contributed by atoms with Gasteiger partial charge in [-0.3, -0.25) is 4.79 Å². The standard InChI is InChI=1S/C10H22N2O2/c1-5-10(2,14)8-11-9(13)6-7-12(3)4/h14H,5-8H2,1-4H3,(H,11,13). The molecule has 14 heavy (non-hydrogen) atoms. The summed E-state index contributed by atoms with van der Waals surface area (Å²) in [5, 5.41) is 12.3. The van der Waals surface area contributed by atoms with Crippen LogP contribution < -0.4 is 5.32 Å². The first-order valence-electron chi connectivity index (χ1n) is 5.01. The minimum Gasteiger partial charge on any atom is -0.388 e. The van der Waals surface area contributed by atoms with Crippen molar-refractivity contribution in [1.29, 1.82) is 0 Å². The predicted molar refractivity (Wildman–Crippen MR) is 57.1 cm³/mol. The van der Waals surface area contributed by atoms with E-state index in [0.717, 1.165) is 6.54 Å². The van der Waals surface area contributed by atoms with Crippen LogP contribution in [0, 0.1) is 0 Å². The molecule has 0 radical (unpaired) electrons. The Kier molecular flexibility index (Phi) is 5.72. The molecule has 1 atom stereocenters. The van der Waals surface area contributed by atoms with E-state index >= 15 is 0 Å². The summed E-state index contributed by atoms with van der Waals surface area (Å²) >= 11 is 0. The number of amides is 1. The molecule has 84 valence electrons. The third kappa shape index (κ3) is 6.86. The fourth-order valence-electron chi connectivity index (χ4n) is 0.828. The molecule has 0 aromatic carbocycles. The highest BCUT2D eigenvalue weighted by Gasteiger charge is 2.17. The maximum absolute atomic E-state index is 11.3. The molecule has 0 fully saturated rings. The molecular formula is C10H22N2O2. The fraction of sp³-hybridized carbons (Fsp3) is 0.900. The number of nitrogens with zero attached hydrogens (tertiary/aromatic N) is 1. The lowest BCUT2D eigenvalue weighted by molar-refractivity contribution is -0.122. The van der Waals surface area contributed by atoms with Crippen molar-refractivity contribution in [1.82, 2.24) is 10.2 Å². The average Bonchev–Trinajstić information content (AvgIpc) is 2.11. The minimum atomic E-state index is -0.784. The van der Waals surface area contributed by atoms with Crippen LogP contribution in [0.25, 0.3) is 0 Å². The number of carbonyl (C=O) groups excluding carboxylic acids is 1. The van der Waals surface area contributed by atoms with E-state index in [4.69, 9.17) is 0 Å². The van der Waals surface area contributed by atoms with Gasteiger partial charge >= 0.3 is 0 Å². The Balaban J connectivity index is 3.64. The Morgan fingerprint density at radius 1 is 1.50 bits per heavy atom. The molecule has 2 N–H and O–H groups in total. The number of nitrogens with one attached hydrogen (secondary N) is 1. The van der Waals surface area contributed by atoms with E-state index in [9.17, 15) is 9.90 Å². The first-order valence-corrected chi connectivity index (χ1v) is 5.01. The van der Waals surface area contributed by atoms with Gasteiger partial charge < -0.3 is 15.3 Å². The maximum Gasteiger partial charge on any atom is 0.221 e. The van der Waals surface area contributed by atoms with Crippen LogP contribution in [-0.4, -0.2) is 48.7 Å². The summed E-state index contributed by atoms with van der Waals surface area (Å²) in [7, 11) is 3.85. The maximum atomic E-state index is 11.3. The second kappa shape index (κ2) is 5.98. The largest absolute Gasteiger partial charge is 0.388 e. The summed E-state index contributed by atoms with van der Waals surface area (Å²) in [6, 6.07) is 0. The fourth-order valence-corrected chi connectivity index (χ4v) is 0.828. The summed E-state index contributed by atoms with van der Waals surface area (Å²) in [5.41, 5.74) is -0.784. The van der Waals surface area contributed by atoms with Crippen LogP contribution in [0.4, 0.5) is 0 Å². The third-order valence-electron chi connectivity index (χ3n) is 2.21. The summed E-state index contributed by atoms with van der Waals surface area (Å²) in [5.74, 6) is -0.00701. The minimum absolute atomic E-state index is 0.00701. The number of aliphatic hydroxyl groups is 1. The van der Waals surface area contributed by atoms with Gasteiger partial charge in [-0.25, -0.2) is 0 Å². The molecule has 0 aliphatic rings. The molecular weight excluding hydrogens is 180 g/mol. The van der Waals surface area contributed by atoms with Gasteiger partial charge in [0.1, 0.15) is 0 Å². The van der Waals surface area contributed by atoms with Crippen LogP contribution in [-0.2, 0) is 4.79 Å². The van der Waals surface area contributed by atoms with Gasteiger partial charge in [-0.2, -0.15) is 0 Å². The Morgan fingerprint density at radius 3 is 2.50 bits per heavy atom. The first-order chi connectivity index (χ1) is 6.37. The van der Waals surface area contributed by atoms with Gasteiger partial charge in [-0.15, -0.1) is 0 Å². The van der Waals surface area contributed by atoms with Gasteiger partial charge in [0.05, 0.1) is 5.60 Å². The highest BCUT2D eigenvalue weighted by atomic mass is 16.3. The molecule has 1 amide bonds. The zero-order chi connectivity index (χ0) is 11.2. The summed E-state index contributed by atoms with van der Waals surface area (Å²) in [6.45, 7) is 4.68. The number of carbonyl (C=O) groups is 1. The lowest BCUT2D eigenvalue weighted by Gasteiger charge is -2.21. The molecule has 0 aliphatic carbocycles. The van der Waals surface area contributed by atoms with Crippen LogP contribution >= 0.6 is 0 Å². The van der Waals surface area contributed by atoms with Gasteiger partial charge in [0.25, 0.3) is 0 Å². The van der Waals surface area contributed by atoms with E-state index < -0.39 is 5.60 Å². The lowest BCUT2D eigenvalue weighted by Crippen LogP contribution is -2.40. The van der Waals surface area contributed by atoms with E-state index in [-0.39, 0.29) is 5.91 Å². The molecule has 0 saturated heterocycles. The van der Waals surface area contributed by atoms with Crippen LogP contribution in [0.3, 0.4) is 0 Å². The Bertz CT molecular complexity index is 179. The molecule has 0 bridgehead atoms.